The number of alkyl halides is 3. The van der Waals surface area contributed by atoms with Crippen LogP contribution in [0.4, 0.5) is 18.3 Å². The quantitative estimate of drug-likeness (QED) is 0.801. The van der Waals surface area contributed by atoms with Crippen LogP contribution in [0.15, 0.2) is 30.5 Å². The summed E-state index contributed by atoms with van der Waals surface area (Å²) in [5.41, 5.74) is 0.504. The van der Waals surface area contributed by atoms with Crippen LogP contribution in [0.1, 0.15) is 15.2 Å². The molecule has 0 radical (unpaired) electrons. The fourth-order valence-electron chi connectivity index (χ4n) is 2.45. The predicted molar refractivity (Wildman–Crippen MR) is 86.7 cm³/mol. The van der Waals surface area contributed by atoms with Crippen LogP contribution >= 0.6 is 22.9 Å². The van der Waals surface area contributed by atoms with Crippen LogP contribution in [-0.2, 0) is 6.18 Å². The van der Waals surface area contributed by atoms with Crippen molar-refractivity contribution in [3.8, 4) is 0 Å². The molecule has 0 unspecified atom stereocenters. The van der Waals surface area contributed by atoms with Gasteiger partial charge in [-0.25, -0.2) is 4.98 Å². The number of halogens is 4. The van der Waals surface area contributed by atoms with E-state index in [0.717, 1.165) is 6.20 Å². The number of benzene rings is 1. The maximum Gasteiger partial charge on any atom is 0.427 e. The van der Waals surface area contributed by atoms with E-state index in [2.05, 4.69) is 4.98 Å². The summed E-state index contributed by atoms with van der Waals surface area (Å²) < 4.78 is 37.9. The van der Waals surface area contributed by atoms with Crippen LogP contribution in [0.3, 0.4) is 0 Å². The van der Waals surface area contributed by atoms with Crippen molar-refractivity contribution in [2.75, 3.05) is 31.1 Å². The monoisotopic (exact) mass is 375 g/mol. The van der Waals surface area contributed by atoms with E-state index in [9.17, 15) is 18.0 Å². The van der Waals surface area contributed by atoms with Crippen LogP contribution in [0.5, 0.6) is 0 Å². The van der Waals surface area contributed by atoms with Crippen molar-refractivity contribution >= 4 is 34.0 Å². The molecule has 1 aromatic heterocycles. The molecule has 0 N–H and O–H groups in total. The number of hydrogen-bond acceptors (Lipinski definition) is 4. The second kappa shape index (κ2) is 6.60. The van der Waals surface area contributed by atoms with E-state index in [1.54, 1.807) is 34.1 Å². The van der Waals surface area contributed by atoms with Crippen LogP contribution in [0, 0.1) is 0 Å². The van der Waals surface area contributed by atoms with Gasteiger partial charge < -0.3 is 9.80 Å². The molecule has 1 aliphatic heterocycles. The van der Waals surface area contributed by atoms with Crippen molar-refractivity contribution in [3.05, 3.63) is 45.9 Å². The maximum atomic E-state index is 12.6. The van der Waals surface area contributed by atoms with E-state index in [0.29, 0.717) is 53.2 Å². The number of nitrogens with zero attached hydrogens (tertiary/aromatic N) is 3. The maximum absolute atomic E-state index is 12.6. The van der Waals surface area contributed by atoms with Crippen LogP contribution in [0.25, 0.3) is 0 Å². The minimum atomic E-state index is -4.37. The Hall–Kier alpha value is -1.80. The lowest BCUT2D eigenvalue weighted by atomic mass is 10.2. The molecular formula is C15H13ClF3N3OS. The summed E-state index contributed by atoms with van der Waals surface area (Å²) in [4.78, 5) is 19.0. The first-order chi connectivity index (χ1) is 11.3. The number of thiazole rings is 1. The van der Waals surface area contributed by atoms with Gasteiger partial charge in [0.05, 0.1) is 6.20 Å². The van der Waals surface area contributed by atoms with E-state index < -0.39 is 11.1 Å². The van der Waals surface area contributed by atoms with Gasteiger partial charge in [0.25, 0.3) is 5.91 Å². The number of carbonyl (C=O) groups excluding carboxylic acids is 1. The molecule has 0 aliphatic carbocycles. The highest BCUT2D eigenvalue weighted by molar-refractivity contribution is 7.15. The van der Waals surface area contributed by atoms with Crippen LogP contribution < -0.4 is 4.90 Å². The number of amides is 1. The molecule has 0 spiro atoms. The summed E-state index contributed by atoms with van der Waals surface area (Å²) in [6, 6.07) is 6.70. The first-order valence-corrected chi connectivity index (χ1v) is 8.37. The molecule has 0 saturated carbocycles. The van der Waals surface area contributed by atoms with Gasteiger partial charge in [-0.3, -0.25) is 4.79 Å². The zero-order valence-electron chi connectivity index (χ0n) is 12.4. The minimum absolute atomic E-state index is 0.132. The van der Waals surface area contributed by atoms with Gasteiger partial charge in [0.15, 0.2) is 5.13 Å². The Morgan fingerprint density at radius 2 is 1.92 bits per heavy atom. The molecule has 0 bridgehead atoms. The summed E-state index contributed by atoms with van der Waals surface area (Å²) in [6.07, 6.45) is -3.52. The molecule has 3 rings (SSSR count). The minimum Gasteiger partial charge on any atom is -0.345 e. The largest absolute Gasteiger partial charge is 0.427 e. The molecule has 2 aromatic rings. The fraction of sp³-hybridized carbons (Fsp3) is 0.333. The number of hydrogen-bond donors (Lipinski definition) is 0. The summed E-state index contributed by atoms with van der Waals surface area (Å²) in [5, 5.41) is 0.819. The Labute approximate surface area is 145 Å². The van der Waals surface area contributed by atoms with E-state index in [4.69, 9.17) is 11.6 Å². The summed E-state index contributed by atoms with van der Waals surface area (Å²) >= 11 is 6.52. The molecule has 0 atom stereocenters. The number of piperazine rings is 1. The normalized spacial score (nSPS) is 15.7. The average Bonchev–Trinajstić information content (AvgIpc) is 3.04. The number of carbonyl (C=O) groups is 1. The zero-order valence-corrected chi connectivity index (χ0v) is 14.0. The van der Waals surface area contributed by atoms with E-state index in [1.807, 2.05) is 0 Å². The van der Waals surface area contributed by atoms with Crippen LogP contribution in [0.2, 0.25) is 5.02 Å². The molecular weight excluding hydrogens is 363 g/mol. The Bertz CT molecular complexity index is 742. The van der Waals surface area contributed by atoms with Gasteiger partial charge in [-0.05, 0) is 18.2 Å². The second-order valence-corrected chi connectivity index (χ2v) is 6.74. The van der Waals surface area contributed by atoms with Gasteiger partial charge in [-0.15, -0.1) is 0 Å². The molecule has 2 heterocycles. The molecule has 128 valence electrons. The Morgan fingerprint density at radius 3 is 2.50 bits per heavy atom. The first kappa shape index (κ1) is 17.0. The predicted octanol–water partition coefficient (Wildman–Crippen LogP) is 3.78. The number of rotatable bonds is 2. The number of anilines is 1. The SMILES string of the molecule is O=C(c1cccc(Cl)c1)N1CCN(c2ncc(C(F)(F)F)s2)CC1. The molecule has 1 fully saturated rings. The van der Waals surface area contributed by atoms with Crippen molar-refractivity contribution < 1.29 is 18.0 Å². The summed E-state index contributed by atoms with van der Waals surface area (Å²) in [7, 11) is 0. The molecule has 4 nitrogen and oxygen atoms in total. The van der Waals surface area contributed by atoms with Gasteiger partial charge in [0.1, 0.15) is 4.88 Å². The standard InChI is InChI=1S/C15H13ClF3N3OS/c16-11-3-1-2-10(8-11)13(23)21-4-6-22(7-5-21)14-20-9-12(24-14)15(17,18)19/h1-3,8-9H,4-7H2. The van der Waals surface area contributed by atoms with Crippen molar-refractivity contribution in [2.24, 2.45) is 0 Å². The molecule has 9 heteroatoms. The third kappa shape index (κ3) is 3.64. The Morgan fingerprint density at radius 1 is 1.21 bits per heavy atom. The van der Waals surface area contributed by atoms with Gasteiger partial charge in [-0.2, -0.15) is 13.2 Å². The third-order valence-corrected chi connectivity index (χ3v) is 5.02. The Kier molecular flexibility index (Phi) is 4.69. The van der Waals surface area contributed by atoms with E-state index in [1.165, 1.54) is 0 Å². The van der Waals surface area contributed by atoms with Crippen molar-refractivity contribution in [1.29, 1.82) is 0 Å². The van der Waals surface area contributed by atoms with Crippen molar-refractivity contribution in [2.45, 2.75) is 6.18 Å². The molecule has 1 saturated heterocycles. The highest BCUT2D eigenvalue weighted by Crippen LogP contribution is 2.36. The number of aromatic nitrogens is 1. The topological polar surface area (TPSA) is 36.4 Å². The van der Waals surface area contributed by atoms with Crippen molar-refractivity contribution in [1.82, 2.24) is 9.88 Å². The van der Waals surface area contributed by atoms with Gasteiger partial charge in [-0.1, -0.05) is 29.0 Å². The fourth-order valence-corrected chi connectivity index (χ4v) is 3.47. The lowest BCUT2D eigenvalue weighted by Crippen LogP contribution is -2.48. The highest BCUT2D eigenvalue weighted by Gasteiger charge is 2.34. The summed E-state index contributed by atoms with van der Waals surface area (Å²) in [5.74, 6) is -0.132. The molecule has 1 aromatic carbocycles. The van der Waals surface area contributed by atoms with E-state index >= 15 is 0 Å². The third-order valence-electron chi connectivity index (χ3n) is 3.68. The van der Waals surface area contributed by atoms with Gasteiger partial charge in [0, 0.05) is 36.8 Å². The van der Waals surface area contributed by atoms with Crippen molar-refractivity contribution in [3.63, 3.8) is 0 Å². The highest BCUT2D eigenvalue weighted by atomic mass is 35.5. The smallest absolute Gasteiger partial charge is 0.345 e. The lowest BCUT2D eigenvalue weighted by Gasteiger charge is -2.34. The Balaban J connectivity index is 1.63. The average molecular weight is 376 g/mol. The second-order valence-electron chi connectivity index (χ2n) is 5.29. The lowest BCUT2D eigenvalue weighted by molar-refractivity contribution is -0.134. The van der Waals surface area contributed by atoms with Gasteiger partial charge >= 0.3 is 6.18 Å². The molecule has 24 heavy (non-hydrogen) atoms. The first-order valence-electron chi connectivity index (χ1n) is 7.17. The van der Waals surface area contributed by atoms with E-state index in [-0.39, 0.29) is 5.91 Å². The molecule has 1 amide bonds. The van der Waals surface area contributed by atoms with Gasteiger partial charge in [0.2, 0.25) is 0 Å². The molecule has 1 aliphatic rings. The van der Waals surface area contributed by atoms with Crippen LogP contribution in [-0.4, -0.2) is 42.0 Å². The summed E-state index contributed by atoms with van der Waals surface area (Å²) in [6.45, 7) is 1.73. The zero-order chi connectivity index (χ0) is 17.3.